The standard InChI is InChI=1S/C16H22N6/c1-3-15(21-19-9-1)17-11-13-5-7-14(8-6-13)12-18-16-4-2-10-20-22-16/h1-4,9-10,13-14H,5-8,11-12H2,(H,17,21)(H,18,22). The molecule has 0 amide bonds. The van der Waals surface area contributed by atoms with E-state index in [1.165, 1.54) is 25.7 Å². The van der Waals surface area contributed by atoms with E-state index in [-0.39, 0.29) is 0 Å². The quantitative estimate of drug-likeness (QED) is 0.853. The second-order valence-corrected chi connectivity index (χ2v) is 5.87. The largest absolute Gasteiger partial charge is 0.368 e. The lowest BCUT2D eigenvalue weighted by Crippen LogP contribution is -2.25. The first-order chi connectivity index (χ1) is 10.9. The van der Waals surface area contributed by atoms with Crippen LogP contribution >= 0.6 is 0 Å². The molecule has 3 rings (SSSR count). The molecule has 0 unspecified atom stereocenters. The Bertz CT molecular complexity index is 488. The van der Waals surface area contributed by atoms with Crippen molar-refractivity contribution in [3.8, 4) is 0 Å². The topological polar surface area (TPSA) is 75.6 Å². The van der Waals surface area contributed by atoms with Gasteiger partial charge in [-0.3, -0.25) is 0 Å². The number of nitrogens with zero attached hydrogens (tertiary/aromatic N) is 4. The number of aromatic nitrogens is 4. The van der Waals surface area contributed by atoms with E-state index in [1.807, 2.05) is 24.3 Å². The molecule has 116 valence electrons. The van der Waals surface area contributed by atoms with E-state index in [0.717, 1.165) is 36.6 Å². The van der Waals surface area contributed by atoms with Crippen molar-refractivity contribution < 1.29 is 0 Å². The summed E-state index contributed by atoms with van der Waals surface area (Å²) >= 11 is 0. The molecular formula is C16H22N6. The highest BCUT2D eigenvalue weighted by molar-refractivity contribution is 5.32. The molecule has 1 aliphatic carbocycles. The summed E-state index contributed by atoms with van der Waals surface area (Å²) in [6.07, 6.45) is 8.45. The number of anilines is 2. The molecule has 2 aromatic heterocycles. The summed E-state index contributed by atoms with van der Waals surface area (Å²) in [7, 11) is 0. The summed E-state index contributed by atoms with van der Waals surface area (Å²) in [6.45, 7) is 1.98. The Balaban J connectivity index is 1.35. The van der Waals surface area contributed by atoms with E-state index in [0.29, 0.717) is 0 Å². The van der Waals surface area contributed by atoms with E-state index in [4.69, 9.17) is 0 Å². The average Bonchev–Trinajstić information content (AvgIpc) is 2.61. The molecule has 0 saturated heterocycles. The molecule has 6 heteroatoms. The second-order valence-electron chi connectivity index (χ2n) is 5.87. The fourth-order valence-electron chi connectivity index (χ4n) is 2.93. The van der Waals surface area contributed by atoms with Gasteiger partial charge < -0.3 is 10.6 Å². The Morgan fingerprint density at radius 1 is 0.773 bits per heavy atom. The predicted molar refractivity (Wildman–Crippen MR) is 86.5 cm³/mol. The molecule has 22 heavy (non-hydrogen) atoms. The lowest BCUT2D eigenvalue weighted by atomic mass is 9.82. The van der Waals surface area contributed by atoms with Crippen LogP contribution in [0, 0.1) is 11.8 Å². The molecule has 0 spiro atoms. The predicted octanol–water partition coefficient (Wildman–Crippen LogP) is 2.60. The first kappa shape index (κ1) is 14.7. The normalized spacial score (nSPS) is 21.3. The summed E-state index contributed by atoms with van der Waals surface area (Å²) in [5.41, 5.74) is 0. The Labute approximate surface area is 130 Å². The molecule has 2 heterocycles. The first-order valence-electron chi connectivity index (χ1n) is 7.93. The fraction of sp³-hybridized carbons (Fsp3) is 0.500. The minimum atomic E-state index is 0.731. The van der Waals surface area contributed by atoms with Gasteiger partial charge in [-0.25, -0.2) is 0 Å². The van der Waals surface area contributed by atoms with Crippen molar-refractivity contribution in [1.29, 1.82) is 0 Å². The van der Waals surface area contributed by atoms with Crippen LogP contribution in [0.3, 0.4) is 0 Å². The van der Waals surface area contributed by atoms with Gasteiger partial charge in [-0.1, -0.05) is 0 Å². The van der Waals surface area contributed by atoms with Gasteiger partial charge in [0.15, 0.2) is 0 Å². The lowest BCUT2D eigenvalue weighted by molar-refractivity contribution is 0.293. The summed E-state index contributed by atoms with van der Waals surface area (Å²) in [5.74, 6) is 3.20. The molecule has 0 bridgehead atoms. The van der Waals surface area contributed by atoms with Crippen LogP contribution in [0.2, 0.25) is 0 Å². The Hall–Kier alpha value is -2.24. The van der Waals surface area contributed by atoms with Crippen LogP contribution < -0.4 is 10.6 Å². The molecule has 1 aliphatic rings. The minimum Gasteiger partial charge on any atom is -0.368 e. The maximum atomic E-state index is 4.06. The van der Waals surface area contributed by atoms with Crippen molar-refractivity contribution in [1.82, 2.24) is 20.4 Å². The summed E-state index contributed by atoms with van der Waals surface area (Å²) in [4.78, 5) is 0. The van der Waals surface area contributed by atoms with E-state index >= 15 is 0 Å². The summed E-state index contributed by atoms with van der Waals surface area (Å²) in [6, 6.07) is 7.74. The summed E-state index contributed by atoms with van der Waals surface area (Å²) < 4.78 is 0. The highest BCUT2D eigenvalue weighted by Gasteiger charge is 2.21. The minimum absolute atomic E-state index is 0.731. The van der Waals surface area contributed by atoms with Crippen molar-refractivity contribution in [2.24, 2.45) is 11.8 Å². The smallest absolute Gasteiger partial charge is 0.148 e. The van der Waals surface area contributed by atoms with Gasteiger partial charge in [0.1, 0.15) is 11.6 Å². The number of nitrogens with one attached hydrogen (secondary N) is 2. The van der Waals surface area contributed by atoms with E-state index in [1.54, 1.807) is 12.4 Å². The highest BCUT2D eigenvalue weighted by Crippen LogP contribution is 2.29. The summed E-state index contributed by atoms with van der Waals surface area (Å²) in [5, 5.41) is 22.6. The van der Waals surface area contributed by atoms with Gasteiger partial charge in [-0.15, -0.1) is 10.2 Å². The Kier molecular flexibility index (Phi) is 5.13. The van der Waals surface area contributed by atoms with Crippen LogP contribution in [-0.2, 0) is 0 Å². The third kappa shape index (κ3) is 4.38. The first-order valence-corrected chi connectivity index (χ1v) is 7.93. The molecule has 6 nitrogen and oxygen atoms in total. The van der Waals surface area contributed by atoms with Crippen molar-refractivity contribution in [3.63, 3.8) is 0 Å². The zero-order valence-electron chi connectivity index (χ0n) is 12.7. The Morgan fingerprint density at radius 3 is 1.59 bits per heavy atom. The maximum absolute atomic E-state index is 4.06. The van der Waals surface area contributed by atoms with Crippen molar-refractivity contribution >= 4 is 11.6 Å². The lowest BCUT2D eigenvalue weighted by Gasteiger charge is -2.28. The molecule has 2 N–H and O–H groups in total. The van der Waals surface area contributed by atoms with Crippen molar-refractivity contribution in [3.05, 3.63) is 36.7 Å². The van der Waals surface area contributed by atoms with Crippen LogP contribution in [0.15, 0.2) is 36.7 Å². The third-order valence-corrected chi connectivity index (χ3v) is 4.25. The fourth-order valence-corrected chi connectivity index (χ4v) is 2.93. The van der Waals surface area contributed by atoms with Crippen LogP contribution in [-0.4, -0.2) is 33.5 Å². The van der Waals surface area contributed by atoms with Gasteiger partial charge in [-0.2, -0.15) is 10.2 Å². The molecule has 1 saturated carbocycles. The van der Waals surface area contributed by atoms with Crippen molar-refractivity contribution in [2.45, 2.75) is 25.7 Å². The zero-order chi connectivity index (χ0) is 15.0. The van der Waals surface area contributed by atoms with Crippen molar-refractivity contribution in [2.75, 3.05) is 23.7 Å². The second kappa shape index (κ2) is 7.68. The molecule has 0 atom stereocenters. The molecular weight excluding hydrogens is 276 g/mol. The molecule has 1 fully saturated rings. The molecule has 0 aliphatic heterocycles. The monoisotopic (exact) mass is 298 g/mol. The highest BCUT2D eigenvalue weighted by atomic mass is 15.2. The van der Waals surface area contributed by atoms with Crippen LogP contribution in [0.25, 0.3) is 0 Å². The van der Waals surface area contributed by atoms with E-state index in [2.05, 4.69) is 31.0 Å². The van der Waals surface area contributed by atoms with Crippen LogP contribution in [0.5, 0.6) is 0 Å². The van der Waals surface area contributed by atoms with Crippen LogP contribution in [0.1, 0.15) is 25.7 Å². The molecule has 2 aromatic rings. The molecule has 0 radical (unpaired) electrons. The van der Waals surface area contributed by atoms with Gasteiger partial charge in [0.25, 0.3) is 0 Å². The third-order valence-electron chi connectivity index (χ3n) is 4.25. The zero-order valence-corrected chi connectivity index (χ0v) is 12.7. The molecule has 0 aromatic carbocycles. The van der Waals surface area contributed by atoms with E-state index < -0.39 is 0 Å². The maximum Gasteiger partial charge on any atom is 0.148 e. The van der Waals surface area contributed by atoms with Gasteiger partial charge in [0.05, 0.1) is 0 Å². The van der Waals surface area contributed by atoms with Gasteiger partial charge in [-0.05, 0) is 61.8 Å². The van der Waals surface area contributed by atoms with Crippen LogP contribution in [0.4, 0.5) is 11.6 Å². The SMILES string of the molecule is c1cnnc(NCC2CCC(CNc3cccnn3)CC2)c1. The Morgan fingerprint density at radius 2 is 1.23 bits per heavy atom. The number of hydrogen-bond donors (Lipinski definition) is 2. The van der Waals surface area contributed by atoms with Gasteiger partial charge in [0, 0.05) is 25.5 Å². The van der Waals surface area contributed by atoms with Gasteiger partial charge >= 0.3 is 0 Å². The number of rotatable bonds is 6. The number of hydrogen-bond acceptors (Lipinski definition) is 6. The van der Waals surface area contributed by atoms with Gasteiger partial charge in [0.2, 0.25) is 0 Å². The average molecular weight is 298 g/mol. The van der Waals surface area contributed by atoms with E-state index in [9.17, 15) is 0 Å².